The van der Waals surface area contributed by atoms with Crippen LogP contribution < -0.4 is 4.90 Å². The minimum Gasteiger partial charge on any atom is -0.372 e. The first-order valence-electron chi connectivity index (χ1n) is 6.26. The van der Waals surface area contributed by atoms with Crippen molar-refractivity contribution in [1.29, 1.82) is 0 Å². The molecule has 0 aliphatic carbocycles. The highest BCUT2D eigenvalue weighted by molar-refractivity contribution is 5.52. The Kier molecular flexibility index (Phi) is 3.51. The molecule has 0 radical (unpaired) electrons. The van der Waals surface area contributed by atoms with Crippen LogP contribution in [0.5, 0.6) is 0 Å². The zero-order chi connectivity index (χ0) is 14.3. The number of benzene rings is 1. The lowest BCUT2D eigenvalue weighted by molar-refractivity contribution is -0.138. The van der Waals surface area contributed by atoms with Crippen LogP contribution in [0.15, 0.2) is 18.2 Å². The van der Waals surface area contributed by atoms with Crippen molar-refractivity contribution in [1.82, 2.24) is 0 Å². The van der Waals surface area contributed by atoms with E-state index in [0.29, 0.717) is 25.4 Å². The van der Waals surface area contributed by atoms with Gasteiger partial charge in [-0.1, -0.05) is 6.07 Å². The second kappa shape index (κ2) is 4.71. The molecule has 1 aliphatic rings. The van der Waals surface area contributed by atoms with Crippen molar-refractivity contribution in [2.45, 2.75) is 32.5 Å². The van der Waals surface area contributed by atoms with E-state index in [1.54, 1.807) is 6.07 Å². The highest BCUT2D eigenvalue weighted by Crippen LogP contribution is 2.35. The summed E-state index contributed by atoms with van der Waals surface area (Å²) in [5, 5.41) is 0. The van der Waals surface area contributed by atoms with E-state index in [4.69, 9.17) is 4.74 Å². The van der Waals surface area contributed by atoms with Gasteiger partial charge in [-0.05, 0) is 38.5 Å². The molecule has 0 amide bonds. The molecule has 1 aromatic carbocycles. The summed E-state index contributed by atoms with van der Waals surface area (Å²) in [7, 11) is 0. The smallest absolute Gasteiger partial charge is 0.372 e. The number of halogens is 3. The summed E-state index contributed by atoms with van der Waals surface area (Å²) >= 11 is 0. The maximum atomic E-state index is 12.9. The van der Waals surface area contributed by atoms with Gasteiger partial charge in [0.15, 0.2) is 0 Å². The van der Waals surface area contributed by atoms with Crippen LogP contribution in [-0.2, 0) is 10.9 Å². The topological polar surface area (TPSA) is 12.5 Å². The predicted molar refractivity (Wildman–Crippen MR) is 68.4 cm³/mol. The molecule has 2 nitrogen and oxygen atoms in total. The monoisotopic (exact) mass is 273 g/mol. The van der Waals surface area contributed by atoms with Crippen LogP contribution in [0.25, 0.3) is 0 Å². The van der Waals surface area contributed by atoms with Crippen molar-refractivity contribution in [3.8, 4) is 0 Å². The van der Waals surface area contributed by atoms with Gasteiger partial charge in [0.1, 0.15) is 0 Å². The van der Waals surface area contributed by atoms with Gasteiger partial charge in [0.25, 0.3) is 0 Å². The van der Waals surface area contributed by atoms with E-state index in [1.807, 2.05) is 18.7 Å². The van der Waals surface area contributed by atoms with Gasteiger partial charge in [0.05, 0.1) is 17.8 Å². The zero-order valence-corrected chi connectivity index (χ0v) is 11.3. The fraction of sp³-hybridized carbons (Fsp3) is 0.571. The van der Waals surface area contributed by atoms with Crippen LogP contribution in [-0.4, -0.2) is 25.3 Å². The van der Waals surface area contributed by atoms with Crippen molar-refractivity contribution in [2.24, 2.45) is 0 Å². The number of aryl methyl sites for hydroxylation is 1. The molecule has 0 aromatic heterocycles. The van der Waals surface area contributed by atoms with Crippen molar-refractivity contribution in [2.75, 3.05) is 24.6 Å². The Morgan fingerprint density at radius 3 is 2.53 bits per heavy atom. The third-order valence-corrected chi connectivity index (χ3v) is 3.32. The molecule has 0 spiro atoms. The summed E-state index contributed by atoms with van der Waals surface area (Å²) in [4.78, 5) is 1.94. The van der Waals surface area contributed by atoms with E-state index < -0.39 is 11.7 Å². The van der Waals surface area contributed by atoms with Crippen LogP contribution in [0.4, 0.5) is 18.9 Å². The average Bonchev–Trinajstić information content (AvgIpc) is 2.26. The molecule has 0 bridgehead atoms. The van der Waals surface area contributed by atoms with Gasteiger partial charge >= 0.3 is 6.18 Å². The summed E-state index contributed by atoms with van der Waals surface area (Å²) in [6.45, 7) is 7.10. The molecule has 2 rings (SSSR count). The molecule has 106 valence electrons. The van der Waals surface area contributed by atoms with Gasteiger partial charge in [-0.15, -0.1) is 0 Å². The summed E-state index contributed by atoms with van der Waals surface area (Å²) in [6, 6.07) is 4.50. The molecule has 1 heterocycles. The van der Waals surface area contributed by atoms with Crippen molar-refractivity contribution in [3.05, 3.63) is 29.3 Å². The molecule has 1 saturated heterocycles. The lowest BCUT2D eigenvalue weighted by Gasteiger charge is -2.39. The molecule has 19 heavy (non-hydrogen) atoms. The second-order valence-electron chi connectivity index (χ2n) is 5.53. The molecule has 1 aromatic rings. The summed E-state index contributed by atoms with van der Waals surface area (Å²) in [5.74, 6) is 0. The number of anilines is 1. The van der Waals surface area contributed by atoms with Crippen molar-refractivity contribution >= 4 is 5.69 Å². The van der Waals surface area contributed by atoms with Gasteiger partial charge in [-0.25, -0.2) is 0 Å². The minimum absolute atomic E-state index is 0.253. The number of hydrogen-bond acceptors (Lipinski definition) is 2. The Labute approximate surface area is 111 Å². The highest BCUT2D eigenvalue weighted by Gasteiger charge is 2.34. The maximum absolute atomic E-state index is 12.9. The average molecular weight is 273 g/mol. The van der Waals surface area contributed by atoms with E-state index in [0.717, 1.165) is 0 Å². The molecular weight excluding hydrogens is 255 g/mol. The predicted octanol–water partition coefficient (Wildman–Crippen LogP) is 3.63. The van der Waals surface area contributed by atoms with Crippen LogP contribution in [0.2, 0.25) is 0 Å². The number of ether oxygens (including phenoxy) is 1. The number of nitrogens with zero attached hydrogens (tertiary/aromatic N) is 1. The standard InChI is InChI=1S/C14H18F3NO/c1-10-4-5-11(8-12(10)14(15,16)17)18-6-7-19-13(2,3)9-18/h4-5,8H,6-7,9H2,1-3H3. The van der Waals surface area contributed by atoms with Gasteiger partial charge in [-0.2, -0.15) is 13.2 Å². The molecule has 5 heteroatoms. The number of rotatable bonds is 1. The third-order valence-electron chi connectivity index (χ3n) is 3.32. The first-order chi connectivity index (χ1) is 8.69. The van der Waals surface area contributed by atoms with Crippen LogP contribution in [0, 0.1) is 6.92 Å². The Balaban J connectivity index is 2.31. The van der Waals surface area contributed by atoms with Crippen molar-refractivity contribution in [3.63, 3.8) is 0 Å². The zero-order valence-electron chi connectivity index (χ0n) is 11.3. The Hall–Kier alpha value is -1.23. The maximum Gasteiger partial charge on any atom is 0.416 e. The summed E-state index contributed by atoms with van der Waals surface area (Å²) in [6.07, 6.45) is -4.30. The Bertz CT molecular complexity index is 468. The number of morpholine rings is 1. The molecule has 0 saturated carbocycles. The molecule has 1 aliphatic heterocycles. The van der Waals surface area contributed by atoms with Crippen LogP contribution in [0.1, 0.15) is 25.0 Å². The molecule has 1 fully saturated rings. The fourth-order valence-electron chi connectivity index (χ4n) is 2.35. The summed E-state index contributed by atoms with van der Waals surface area (Å²) in [5.41, 5.74) is -0.0333. The second-order valence-corrected chi connectivity index (χ2v) is 5.53. The van der Waals surface area contributed by atoms with Gasteiger partial charge in [0.2, 0.25) is 0 Å². The van der Waals surface area contributed by atoms with Crippen LogP contribution in [0.3, 0.4) is 0 Å². The van der Waals surface area contributed by atoms with E-state index in [-0.39, 0.29) is 11.2 Å². The quantitative estimate of drug-likeness (QED) is 0.774. The lowest BCUT2D eigenvalue weighted by atomic mass is 10.0. The first kappa shape index (κ1) is 14.2. The van der Waals surface area contributed by atoms with E-state index in [2.05, 4.69) is 0 Å². The molecular formula is C14H18F3NO. The normalized spacial score (nSPS) is 19.6. The third kappa shape index (κ3) is 3.21. The van der Waals surface area contributed by atoms with Gasteiger partial charge in [-0.3, -0.25) is 0 Å². The first-order valence-corrected chi connectivity index (χ1v) is 6.26. The molecule has 0 unspecified atom stereocenters. The number of alkyl halides is 3. The van der Waals surface area contributed by atoms with E-state index >= 15 is 0 Å². The van der Waals surface area contributed by atoms with Gasteiger partial charge < -0.3 is 9.64 Å². The Morgan fingerprint density at radius 2 is 1.95 bits per heavy atom. The van der Waals surface area contributed by atoms with Crippen LogP contribution >= 0.6 is 0 Å². The lowest BCUT2D eigenvalue weighted by Crippen LogP contribution is -2.48. The number of hydrogen-bond donors (Lipinski definition) is 0. The van der Waals surface area contributed by atoms with E-state index in [9.17, 15) is 13.2 Å². The fourth-order valence-corrected chi connectivity index (χ4v) is 2.35. The largest absolute Gasteiger partial charge is 0.416 e. The highest BCUT2D eigenvalue weighted by atomic mass is 19.4. The van der Waals surface area contributed by atoms with Gasteiger partial charge in [0, 0.05) is 18.8 Å². The SMILES string of the molecule is Cc1ccc(N2CCOC(C)(C)C2)cc1C(F)(F)F. The Morgan fingerprint density at radius 1 is 1.26 bits per heavy atom. The summed E-state index contributed by atoms with van der Waals surface area (Å²) < 4.78 is 44.3. The minimum atomic E-state index is -4.30. The molecule has 0 atom stereocenters. The van der Waals surface area contributed by atoms with E-state index in [1.165, 1.54) is 19.1 Å². The van der Waals surface area contributed by atoms with Crippen molar-refractivity contribution < 1.29 is 17.9 Å². The molecule has 0 N–H and O–H groups in total.